The van der Waals surface area contributed by atoms with Gasteiger partial charge >= 0.3 is 5.97 Å². The van der Waals surface area contributed by atoms with Gasteiger partial charge in [0.1, 0.15) is 0 Å². The second-order valence-corrected chi connectivity index (χ2v) is 4.54. The molecule has 0 aliphatic rings. The highest BCUT2D eigenvalue weighted by molar-refractivity contribution is 9.11. The number of rotatable bonds is 4. The molecule has 0 saturated carbocycles. The Bertz CT molecular complexity index is 323. The van der Waals surface area contributed by atoms with Crippen LogP contribution in [0.2, 0.25) is 0 Å². The molecule has 0 saturated heterocycles. The molecule has 0 spiro atoms. The van der Waals surface area contributed by atoms with E-state index in [9.17, 15) is 4.79 Å². The minimum atomic E-state index is -1.04. The molecule has 0 aliphatic heterocycles. The topological polar surface area (TPSA) is 58.9 Å². The molecule has 1 N–H and O–H groups in total. The van der Waals surface area contributed by atoms with Gasteiger partial charge in [0, 0.05) is 4.88 Å². The minimum absolute atomic E-state index is 0.414. The number of halogens is 1. The largest absolute Gasteiger partial charge is 0.479 e. The molecule has 0 radical (unpaired) electrons. The Hall–Kier alpha value is -0.880. The van der Waals surface area contributed by atoms with Crippen LogP contribution < -0.4 is 0 Å². The SMILES string of the molecule is O=C(O)CON=Cc1ccc(Br)s1. The summed E-state index contributed by atoms with van der Waals surface area (Å²) in [6.07, 6.45) is 1.47. The monoisotopic (exact) mass is 263 g/mol. The molecule has 1 aromatic rings. The number of nitrogens with zero attached hydrogens (tertiary/aromatic N) is 1. The molecule has 0 bridgehead atoms. The Balaban J connectivity index is 2.36. The van der Waals surface area contributed by atoms with Gasteiger partial charge in [-0.25, -0.2) is 4.79 Å². The van der Waals surface area contributed by atoms with E-state index in [1.165, 1.54) is 17.6 Å². The predicted molar refractivity (Wildman–Crippen MR) is 53.2 cm³/mol. The van der Waals surface area contributed by atoms with Crippen molar-refractivity contribution in [2.75, 3.05) is 6.61 Å². The molecule has 0 amide bonds. The van der Waals surface area contributed by atoms with Crippen molar-refractivity contribution in [1.29, 1.82) is 0 Å². The lowest BCUT2D eigenvalue weighted by Crippen LogP contribution is -2.03. The standard InChI is InChI=1S/C7H6BrNO3S/c8-6-2-1-5(13-6)3-9-12-4-7(10)11/h1-3H,4H2,(H,10,11). The zero-order valence-corrected chi connectivity index (χ0v) is 8.84. The molecule has 70 valence electrons. The van der Waals surface area contributed by atoms with E-state index >= 15 is 0 Å². The molecule has 4 nitrogen and oxygen atoms in total. The van der Waals surface area contributed by atoms with Gasteiger partial charge in [0.25, 0.3) is 0 Å². The van der Waals surface area contributed by atoms with Gasteiger partial charge in [0.05, 0.1) is 10.0 Å². The highest BCUT2D eigenvalue weighted by Crippen LogP contribution is 2.20. The van der Waals surface area contributed by atoms with E-state index in [0.29, 0.717) is 0 Å². The van der Waals surface area contributed by atoms with E-state index in [2.05, 4.69) is 25.9 Å². The van der Waals surface area contributed by atoms with E-state index in [1.807, 2.05) is 12.1 Å². The van der Waals surface area contributed by atoms with Crippen LogP contribution in [0.5, 0.6) is 0 Å². The Morgan fingerprint density at radius 1 is 1.77 bits per heavy atom. The summed E-state index contributed by atoms with van der Waals surface area (Å²) in [5.74, 6) is -1.04. The number of thiophene rings is 1. The number of carboxylic acids is 1. The van der Waals surface area contributed by atoms with Crippen LogP contribution in [0.15, 0.2) is 21.1 Å². The molecule has 1 rings (SSSR count). The number of hydrogen-bond acceptors (Lipinski definition) is 4. The number of hydrogen-bond donors (Lipinski definition) is 1. The van der Waals surface area contributed by atoms with Crippen LogP contribution in [0.3, 0.4) is 0 Å². The fourth-order valence-electron chi connectivity index (χ4n) is 0.579. The van der Waals surface area contributed by atoms with Crippen molar-refractivity contribution in [1.82, 2.24) is 0 Å². The fourth-order valence-corrected chi connectivity index (χ4v) is 1.87. The summed E-state index contributed by atoms with van der Waals surface area (Å²) in [6, 6.07) is 3.73. The first-order chi connectivity index (χ1) is 6.18. The highest BCUT2D eigenvalue weighted by Gasteiger charge is 1.95. The third kappa shape index (κ3) is 4.05. The zero-order chi connectivity index (χ0) is 9.68. The van der Waals surface area contributed by atoms with Crippen LogP contribution in [0.1, 0.15) is 4.88 Å². The van der Waals surface area contributed by atoms with Crippen LogP contribution >= 0.6 is 27.3 Å². The average molecular weight is 264 g/mol. The van der Waals surface area contributed by atoms with Crippen LogP contribution in [0, 0.1) is 0 Å². The van der Waals surface area contributed by atoms with Gasteiger partial charge in [-0.05, 0) is 28.1 Å². The van der Waals surface area contributed by atoms with Crippen molar-refractivity contribution in [3.63, 3.8) is 0 Å². The Morgan fingerprint density at radius 3 is 3.08 bits per heavy atom. The summed E-state index contributed by atoms with van der Waals surface area (Å²) in [7, 11) is 0. The fraction of sp³-hybridized carbons (Fsp3) is 0.143. The summed E-state index contributed by atoms with van der Waals surface area (Å²) in [5.41, 5.74) is 0. The van der Waals surface area contributed by atoms with Crippen molar-refractivity contribution >= 4 is 39.5 Å². The molecule has 1 aromatic heterocycles. The first kappa shape index (κ1) is 10.2. The molecule has 0 aliphatic carbocycles. The third-order valence-electron chi connectivity index (χ3n) is 1.04. The lowest BCUT2D eigenvalue weighted by Gasteiger charge is -1.90. The normalized spacial score (nSPS) is 10.5. The molecular formula is C7H6BrNO3S. The summed E-state index contributed by atoms with van der Waals surface area (Å²) >= 11 is 4.77. The first-order valence-electron chi connectivity index (χ1n) is 3.31. The van der Waals surface area contributed by atoms with Gasteiger partial charge in [-0.2, -0.15) is 0 Å². The van der Waals surface area contributed by atoms with Gasteiger partial charge in [-0.15, -0.1) is 11.3 Å². The number of carboxylic acid groups (broad SMARTS) is 1. The second kappa shape index (κ2) is 4.98. The Labute approximate surface area is 87.0 Å². The van der Waals surface area contributed by atoms with Crippen LogP contribution in [0.4, 0.5) is 0 Å². The Morgan fingerprint density at radius 2 is 2.54 bits per heavy atom. The van der Waals surface area contributed by atoms with Crippen molar-refractivity contribution in [3.8, 4) is 0 Å². The van der Waals surface area contributed by atoms with Gasteiger partial charge < -0.3 is 9.94 Å². The number of oxime groups is 1. The van der Waals surface area contributed by atoms with E-state index < -0.39 is 12.6 Å². The molecule has 13 heavy (non-hydrogen) atoms. The zero-order valence-electron chi connectivity index (χ0n) is 6.44. The van der Waals surface area contributed by atoms with Crippen LogP contribution in [0.25, 0.3) is 0 Å². The van der Waals surface area contributed by atoms with Crippen LogP contribution in [-0.2, 0) is 9.63 Å². The lowest BCUT2D eigenvalue weighted by atomic mass is 10.5. The third-order valence-corrected chi connectivity index (χ3v) is 2.59. The quantitative estimate of drug-likeness (QED) is 0.667. The van der Waals surface area contributed by atoms with E-state index in [0.717, 1.165) is 8.66 Å². The molecule has 0 fully saturated rings. The molecule has 0 aromatic carbocycles. The predicted octanol–water partition coefficient (Wildman–Crippen LogP) is 1.95. The molecule has 0 unspecified atom stereocenters. The van der Waals surface area contributed by atoms with Gasteiger partial charge in [0.2, 0.25) is 6.61 Å². The van der Waals surface area contributed by atoms with Gasteiger partial charge in [-0.1, -0.05) is 5.16 Å². The van der Waals surface area contributed by atoms with E-state index in [-0.39, 0.29) is 0 Å². The summed E-state index contributed by atoms with van der Waals surface area (Å²) in [5, 5.41) is 11.7. The minimum Gasteiger partial charge on any atom is -0.479 e. The van der Waals surface area contributed by atoms with Gasteiger partial charge in [-0.3, -0.25) is 0 Å². The first-order valence-corrected chi connectivity index (χ1v) is 4.92. The molecular weight excluding hydrogens is 258 g/mol. The smallest absolute Gasteiger partial charge is 0.344 e. The highest BCUT2D eigenvalue weighted by atomic mass is 79.9. The maximum Gasteiger partial charge on any atom is 0.344 e. The van der Waals surface area contributed by atoms with Crippen molar-refractivity contribution < 1.29 is 14.7 Å². The average Bonchev–Trinajstić information content (AvgIpc) is 2.45. The van der Waals surface area contributed by atoms with Crippen molar-refractivity contribution in [2.45, 2.75) is 0 Å². The Kier molecular flexibility index (Phi) is 3.91. The van der Waals surface area contributed by atoms with Crippen molar-refractivity contribution in [3.05, 3.63) is 20.8 Å². The number of aliphatic carboxylic acids is 1. The van der Waals surface area contributed by atoms with Crippen molar-refractivity contribution in [2.24, 2.45) is 5.16 Å². The molecule has 1 heterocycles. The van der Waals surface area contributed by atoms with Crippen LogP contribution in [-0.4, -0.2) is 23.9 Å². The molecule has 6 heteroatoms. The molecule has 0 atom stereocenters. The van der Waals surface area contributed by atoms with E-state index in [1.54, 1.807) is 0 Å². The maximum atomic E-state index is 10.0. The maximum absolute atomic E-state index is 10.0. The second-order valence-electron chi connectivity index (χ2n) is 2.04. The van der Waals surface area contributed by atoms with Gasteiger partial charge in [0.15, 0.2) is 0 Å². The summed E-state index contributed by atoms with van der Waals surface area (Å²) in [4.78, 5) is 15.4. The lowest BCUT2D eigenvalue weighted by molar-refractivity contribution is -0.142. The summed E-state index contributed by atoms with van der Waals surface area (Å²) in [6.45, 7) is -0.414. The number of carbonyl (C=O) groups is 1. The summed E-state index contributed by atoms with van der Waals surface area (Å²) < 4.78 is 0.993. The van der Waals surface area contributed by atoms with E-state index in [4.69, 9.17) is 5.11 Å².